The fourth-order valence-electron chi connectivity index (χ4n) is 2.65. The fourth-order valence-corrected chi connectivity index (χ4v) is 2.78. The van der Waals surface area contributed by atoms with Gasteiger partial charge in [-0.3, -0.25) is 19.9 Å². The molecule has 0 atom stereocenters. The van der Waals surface area contributed by atoms with E-state index in [1.165, 1.54) is 36.4 Å². The van der Waals surface area contributed by atoms with Crippen LogP contribution in [0.2, 0.25) is 5.02 Å². The standard InChI is InChI=1S/C19H15ClN4O5/c1-10-7-15(16(24(28)29)8-11(10)2)21-9-14-17(25)22-19(27)23(18(14)26)13-5-3-12(20)4-6-13/h3-9,26H,1-2H3,(H,22,25,27). The Bertz CT molecular complexity index is 1260. The molecule has 148 valence electrons. The Kier molecular flexibility index (Phi) is 5.33. The zero-order valence-electron chi connectivity index (χ0n) is 15.3. The van der Waals surface area contributed by atoms with E-state index in [0.29, 0.717) is 10.6 Å². The summed E-state index contributed by atoms with van der Waals surface area (Å²) >= 11 is 5.83. The highest BCUT2D eigenvalue weighted by Crippen LogP contribution is 2.30. The van der Waals surface area contributed by atoms with Crippen molar-refractivity contribution in [3.63, 3.8) is 0 Å². The Hall–Kier alpha value is -3.72. The number of halogens is 1. The van der Waals surface area contributed by atoms with E-state index in [2.05, 4.69) is 9.98 Å². The summed E-state index contributed by atoms with van der Waals surface area (Å²) in [5, 5.41) is 22.2. The Morgan fingerprint density at radius 3 is 2.41 bits per heavy atom. The molecule has 0 aliphatic heterocycles. The third kappa shape index (κ3) is 3.94. The van der Waals surface area contributed by atoms with Crippen LogP contribution in [0.4, 0.5) is 11.4 Å². The van der Waals surface area contributed by atoms with Crippen molar-refractivity contribution in [3.05, 3.63) is 89.1 Å². The monoisotopic (exact) mass is 414 g/mol. The molecule has 0 radical (unpaired) electrons. The van der Waals surface area contributed by atoms with Crippen molar-refractivity contribution in [1.82, 2.24) is 9.55 Å². The topological polar surface area (TPSA) is 131 Å². The number of hydrogen-bond acceptors (Lipinski definition) is 6. The van der Waals surface area contributed by atoms with Crippen molar-refractivity contribution in [2.24, 2.45) is 4.99 Å². The van der Waals surface area contributed by atoms with Crippen LogP contribution in [0.15, 0.2) is 51.0 Å². The van der Waals surface area contributed by atoms with E-state index in [-0.39, 0.29) is 22.6 Å². The van der Waals surface area contributed by atoms with Gasteiger partial charge in [0.15, 0.2) is 0 Å². The van der Waals surface area contributed by atoms with Crippen LogP contribution >= 0.6 is 11.6 Å². The predicted octanol–water partition coefficient (Wildman–Crippen LogP) is 3.16. The number of nitro benzene ring substituents is 1. The maximum absolute atomic E-state index is 12.2. The highest BCUT2D eigenvalue weighted by molar-refractivity contribution is 6.30. The fraction of sp³-hybridized carbons (Fsp3) is 0.105. The van der Waals surface area contributed by atoms with Gasteiger partial charge < -0.3 is 5.11 Å². The molecule has 3 aromatic rings. The lowest BCUT2D eigenvalue weighted by Crippen LogP contribution is -2.31. The van der Waals surface area contributed by atoms with Crippen LogP contribution < -0.4 is 11.2 Å². The van der Waals surface area contributed by atoms with Gasteiger partial charge in [0.1, 0.15) is 11.3 Å². The molecule has 2 aromatic carbocycles. The zero-order valence-corrected chi connectivity index (χ0v) is 16.1. The molecule has 10 heteroatoms. The number of aromatic hydroxyl groups is 1. The van der Waals surface area contributed by atoms with Gasteiger partial charge in [0.2, 0.25) is 5.88 Å². The van der Waals surface area contributed by atoms with Gasteiger partial charge in [0, 0.05) is 17.3 Å². The van der Waals surface area contributed by atoms with E-state index in [4.69, 9.17) is 11.6 Å². The second-order valence-corrected chi connectivity index (χ2v) is 6.69. The number of nitrogens with one attached hydrogen (secondary N) is 1. The van der Waals surface area contributed by atoms with Gasteiger partial charge in [-0.2, -0.15) is 0 Å². The Labute approximate surface area is 168 Å². The lowest BCUT2D eigenvalue weighted by molar-refractivity contribution is -0.384. The zero-order chi connectivity index (χ0) is 21.3. The summed E-state index contributed by atoms with van der Waals surface area (Å²) in [7, 11) is 0. The minimum absolute atomic E-state index is 0.0149. The van der Waals surface area contributed by atoms with E-state index >= 15 is 0 Å². The molecule has 0 aliphatic carbocycles. The molecule has 0 saturated carbocycles. The van der Waals surface area contributed by atoms with E-state index in [1.54, 1.807) is 13.8 Å². The van der Waals surface area contributed by atoms with Gasteiger partial charge in [-0.25, -0.2) is 14.4 Å². The molecule has 0 amide bonds. The van der Waals surface area contributed by atoms with Crippen LogP contribution in [-0.4, -0.2) is 25.8 Å². The number of aliphatic imine (C=N–C) groups is 1. The quantitative estimate of drug-likeness (QED) is 0.384. The number of aromatic nitrogens is 2. The first-order chi connectivity index (χ1) is 13.7. The van der Waals surface area contributed by atoms with E-state index in [1.807, 2.05) is 0 Å². The molecule has 1 heterocycles. The maximum Gasteiger partial charge on any atom is 0.335 e. The lowest BCUT2D eigenvalue weighted by Gasteiger charge is -2.09. The Morgan fingerprint density at radius 2 is 1.79 bits per heavy atom. The van der Waals surface area contributed by atoms with Gasteiger partial charge >= 0.3 is 5.69 Å². The molecule has 0 unspecified atom stereocenters. The Balaban J connectivity index is 2.16. The van der Waals surface area contributed by atoms with E-state index in [0.717, 1.165) is 16.3 Å². The normalized spacial score (nSPS) is 11.1. The minimum atomic E-state index is -0.882. The number of nitro groups is 1. The maximum atomic E-state index is 12.2. The highest BCUT2D eigenvalue weighted by atomic mass is 35.5. The number of aryl methyl sites for hydroxylation is 2. The molecule has 3 rings (SSSR count). The van der Waals surface area contributed by atoms with Crippen molar-refractivity contribution in [2.45, 2.75) is 13.8 Å². The van der Waals surface area contributed by atoms with Gasteiger partial charge in [0.25, 0.3) is 11.2 Å². The average Bonchev–Trinajstić information content (AvgIpc) is 2.65. The highest BCUT2D eigenvalue weighted by Gasteiger charge is 2.17. The average molecular weight is 415 g/mol. The number of benzene rings is 2. The Morgan fingerprint density at radius 1 is 1.17 bits per heavy atom. The third-order valence-electron chi connectivity index (χ3n) is 4.33. The first kappa shape index (κ1) is 20.0. The third-order valence-corrected chi connectivity index (χ3v) is 4.58. The van der Waals surface area contributed by atoms with E-state index < -0.39 is 22.1 Å². The molecule has 29 heavy (non-hydrogen) atoms. The lowest BCUT2D eigenvalue weighted by atomic mass is 10.1. The number of hydrogen-bond donors (Lipinski definition) is 2. The minimum Gasteiger partial charge on any atom is -0.493 e. The number of rotatable bonds is 4. The molecule has 2 N–H and O–H groups in total. The van der Waals surface area contributed by atoms with Gasteiger partial charge in [-0.15, -0.1) is 0 Å². The summed E-state index contributed by atoms with van der Waals surface area (Å²) in [6.07, 6.45) is 0.983. The molecule has 0 bridgehead atoms. The second kappa shape index (κ2) is 7.72. The summed E-state index contributed by atoms with van der Waals surface area (Å²) in [6.45, 7) is 3.50. The molecule has 9 nitrogen and oxygen atoms in total. The number of H-pyrrole nitrogens is 1. The van der Waals surface area contributed by atoms with Crippen LogP contribution in [0.1, 0.15) is 16.7 Å². The molecule has 0 saturated heterocycles. The summed E-state index contributed by atoms with van der Waals surface area (Å²) < 4.78 is 0.869. The first-order valence-electron chi connectivity index (χ1n) is 8.33. The van der Waals surface area contributed by atoms with Gasteiger partial charge in [0.05, 0.1) is 10.6 Å². The number of nitrogens with zero attached hydrogens (tertiary/aromatic N) is 3. The van der Waals surface area contributed by atoms with Crippen molar-refractivity contribution >= 4 is 29.2 Å². The molecule has 0 aliphatic rings. The molecule has 0 spiro atoms. The first-order valence-corrected chi connectivity index (χ1v) is 8.70. The van der Waals surface area contributed by atoms with Crippen LogP contribution in [0.5, 0.6) is 5.88 Å². The largest absolute Gasteiger partial charge is 0.493 e. The summed E-state index contributed by atoms with van der Waals surface area (Å²) in [6, 6.07) is 8.87. The van der Waals surface area contributed by atoms with Crippen molar-refractivity contribution in [3.8, 4) is 11.6 Å². The molecular weight excluding hydrogens is 400 g/mol. The van der Waals surface area contributed by atoms with Crippen molar-refractivity contribution in [1.29, 1.82) is 0 Å². The van der Waals surface area contributed by atoms with Crippen molar-refractivity contribution in [2.75, 3.05) is 0 Å². The molecular formula is C19H15ClN4O5. The summed E-state index contributed by atoms with van der Waals surface area (Å²) in [4.78, 5) is 41.2. The summed E-state index contributed by atoms with van der Waals surface area (Å²) in [5.41, 5.74) is -0.545. The van der Waals surface area contributed by atoms with E-state index in [9.17, 15) is 24.8 Å². The smallest absolute Gasteiger partial charge is 0.335 e. The SMILES string of the molecule is Cc1cc(N=Cc2c(O)n(-c3ccc(Cl)cc3)c(=O)[nH]c2=O)c([N+](=O)[O-])cc1C. The molecule has 0 fully saturated rings. The van der Waals surface area contributed by atoms with Gasteiger partial charge in [-0.1, -0.05) is 11.6 Å². The van der Waals surface area contributed by atoms with Gasteiger partial charge in [-0.05, 0) is 55.3 Å². The number of aromatic amines is 1. The van der Waals surface area contributed by atoms with Crippen LogP contribution in [-0.2, 0) is 0 Å². The van der Waals surface area contributed by atoms with Crippen molar-refractivity contribution < 1.29 is 10.0 Å². The van der Waals surface area contributed by atoms with Crippen LogP contribution in [0, 0.1) is 24.0 Å². The summed E-state index contributed by atoms with van der Waals surface area (Å²) in [5.74, 6) is -0.656. The van der Waals surface area contributed by atoms with Crippen LogP contribution in [0.25, 0.3) is 5.69 Å². The predicted molar refractivity (Wildman–Crippen MR) is 109 cm³/mol. The second-order valence-electron chi connectivity index (χ2n) is 6.25. The van der Waals surface area contributed by atoms with Crippen LogP contribution in [0.3, 0.4) is 0 Å². The molecule has 1 aromatic heterocycles.